The van der Waals surface area contributed by atoms with Gasteiger partial charge in [-0.25, -0.2) is 8.78 Å². The SMILES string of the molecule is Cn1ccc(C(=O)c2ccc(F)cc2F)n1. The lowest BCUT2D eigenvalue weighted by molar-refractivity contribution is 0.103. The average molecular weight is 222 g/mol. The molecule has 82 valence electrons. The number of carbonyl (C=O) groups excluding carboxylic acids is 1. The molecule has 0 atom stereocenters. The van der Waals surface area contributed by atoms with Crippen LogP contribution in [0.15, 0.2) is 30.5 Å². The van der Waals surface area contributed by atoms with Crippen molar-refractivity contribution in [2.45, 2.75) is 0 Å². The van der Waals surface area contributed by atoms with Gasteiger partial charge in [0, 0.05) is 19.3 Å². The fourth-order valence-electron chi connectivity index (χ4n) is 1.35. The summed E-state index contributed by atoms with van der Waals surface area (Å²) in [5, 5.41) is 3.86. The molecule has 0 amide bonds. The smallest absolute Gasteiger partial charge is 0.216 e. The molecule has 0 aliphatic rings. The second-order valence-corrected chi connectivity index (χ2v) is 3.33. The quantitative estimate of drug-likeness (QED) is 0.728. The lowest BCUT2D eigenvalue weighted by Gasteiger charge is -1.99. The van der Waals surface area contributed by atoms with Crippen LogP contribution in [0.2, 0.25) is 0 Å². The highest BCUT2D eigenvalue weighted by Gasteiger charge is 2.16. The van der Waals surface area contributed by atoms with E-state index in [0.29, 0.717) is 6.07 Å². The summed E-state index contributed by atoms with van der Waals surface area (Å²) in [6, 6.07) is 4.31. The Balaban J connectivity index is 2.41. The van der Waals surface area contributed by atoms with E-state index in [-0.39, 0.29) is 11.3 Å². The van der Waals surface area contributed by atoms with Gasteiger partial charge >= 0.3 is 0 Å². The molecule has 16 heavy (non-hydrogen) atoms. The fraction of sp³-hybridized carbons (Fsp3) is 0.0909. The second-order valence-electron chi connectivity index (χ2n) is 3.33. The first-order valence-corrected chi connectivity index (χ1v) is 4.57. The van der Waals surface area contributed by atoms with Crippen molar-refractivity contribution in [1.29, 1.82) is 0 Å². The van der Waals surface area contributed by atoms with E-state index in [2.05, 4.69) is 5.10 Å². The predicted octanol–water partition coefficient (Wildman–Crippen LogP) is 1.93. The van der Waals surface area contributed by atoms with E-state index in [9.17, 15) is 13.6 Å². The third-order valence-electron chi connectivity index (χ3n) is 2.12. The Hall–Kier alpha value is -2.04. The third-order valence-corrected chi connectivity index (χ3v) is 2.12. The fourth-order valence-corrected chi connectivity index (χ4v) is 1.35. The number of hydrogen-bond donors (Lipinski definition) is 0. The number of nitrogens with zero attached hydrogens (tertiary/aromatic N) is 2. The number of rotatable bonds is 2. The van der Waals surface area contributed by atoms with Crippen molar-refractivity contribution in [1.82, 2.24) is 9.78 Å². The van der Waals surface area contributed by atoms with Crippen LogP contribution in [0.4, 0.5) is 8.78 Å². The minimum atomic E-state index is -0.879. The molecule has 1 aromatic heterocycles. The maximum Gasteiger partial charge on any atom is 0.216 e. The Labute approximate surface area is 90.3 Å². The molecular formula is C11H8F2N2O. The van der Waals surface area contributed by atoms with Crippen LogP contribution in [0.3, 0.4) is 0 Å². The maximum atomic E-state index is 13.3. The number of halogens is 2. The summed E-state index contributed by atoms with van der Waals surface area (Å²) < 4.78 is 27.4. The molecule has 0 saturated heterocycles. The summed E-state index contributed by atoms with van der Waals surface area (Å²) in [7, 11) is 1.65. The number of aromatic nitrogens is 2. The van der Waals surface area contributed by atoms with Crippen LogP contribution in [-0.2, 0) is 7.05 Å². The van der Waals surface area contributed by atoms with Gasteiger partial charge in [-0.1, -0.05) is 0 Å². The normalized spacial score (nSPS) is 10.4. The molecule has 1 aromatic carbocycles. The summed E-state index contributed by atoms with van der Waals surface area (Å²) in [6.07, 6.45) is 1.58. The number of aryl methyl sites for hydroxylation is 1. The highest BCUT2D eigenvalue weighted by atomic mass is 19.1. The molecule has 1 heterocycles. The minimum Gasteiger partial charge on any atom is -0.287 e. The number of benzene rings is 1. The van der Waals surface area contributed by atoms with E-state index in [0.717, 1.165) is 12.1 Å². The molecule has 0 fully saturated rings. The van der Waals surface area contributed by atoms with Gasteiger partial charge in [0.1, 0.15) is 17.3 Å². The van der Waals surface area contributed by atoms with Gasteiger partial charge in [-0.3, -0.25) is 9.48 Å². The summed E-state index contributed by atoms with van der Waals surface area (Å²) in [4.78, 5) is 11.8. The lowest BCUT2D eigenvalue weighted by atomic mass is 10.1. The molecule has 0 unspecified atom stereocenters. The molecule has 0 spiro atoms. The van der Waals surface area contributed by atoms with Crippen LogP contribution in [0, 0.1) is 11.6 Å². The van der Waals surface area contributed by atoms with Crippen molar-refractivity contribution in [3.05, 3.63) is 53.4 Å². The highest BCUT2D eigenvalue weighted by molar-refractivity contribution is 6.07. The van der Waals surface area contributed by atoms with Gasteiger partial charge in [0.15, 0.2) is 0 Å². The van der Waals surface area contributed by atoms with Gasteiger partial charge in [0.25, 0.3) is 0 Å². The molecule has 0 bridgehead atoms. The molecule has 0 aliphatic heterocycles. The zero-order valence-corrected chi connectivity index (χ0v) is 8.45. The van der Waals surface area contributed by atoms with Crippen molar-refractivity contribution in [2.24, 2.45) is 7.05 Å². The summed E-state index contributed by atoms with van der Waals surface area (Å²) in [5.41, 5.74) is -0.0480. The van der Waals surface area contributed by atoms with Crippen LogP contribution in [0.25, 0.3) is 0 Å². The monoisotopic (exact) mass is 222 g/mol. The van der Waals surface area contributed by atoms with E-state index in [4.69, 9.17) is 0 Å². The number of hydrogen-bond acceptors (Lipinski definition) is 2. The van der Waals surface area contributed by atoms with E-state index >= 15 is 0 Å². The largest absolute Gasteiger partial charge is 0.287 e. The Morgan fingerprint density at radius 3 is 2.62 bits per heavy atom. The van der Waals surface area contributed by atoms with Crippen LogP contribution in [0.5, 0.6) is 0 Å². The first-order valence-electron chi connectivity index (χ1n) is 4.57. The van der Waals surface area contributed by atoms with Gasteiger partial charge in [-0.05, 0) is 18.2 Å². The number of ketones is 1. The average Bonchev–Trinajstić information content (AvgIpc) is 2.64. The van der Waals surface area contributed by atoms with Gasteiger partial charge in [-0.2, -0.15) is 5.10 Å². The summed E-state index contributed by atoms with van der Waals surface area (Å²) in [6.45, 7) is 0. The van der Waals surface area contributed by atoms with Gasteiger partial charge in [0.2, 0.25) is 5.78 Å². The summed E-state index contributed by atoms with van der Waals surface area (Å²) >= 11 is 0. The maximum absolute atomic E-state index is 13.3. The minimum absolute atomic E-state index is 0.132. The Kier molecular flexibility index (Phi) is 2.52. The zero-order valence-electron chi connectivity index (χ0n) is 8.45. The first kappa shape index (κ1) is 10.5. The van der Waals surface area contributed by atoms with Crippen molar-refractivity contribution < 1.29 is 13.6 Å². The van der Waals surface area contributed by atoms with Crippen LogP contribution in [-0.4, -0.2) is 15.6 Å². The van der Waals surface area contributed by atoms with E-state index in [1.54, 1.807) is 13.2 Å². The first-order chi connectivity index (χ1) is 7.58. The second kappa shape index (κ2) is 3.84. The van der Waals surface area contributed by atoms with Gasteiger partial charge in [-0.15, -0.1) is 0 Å². The Morgan fingerprint density at radius 2 is 2.06 bits per heavy atom. The molecule has 5 heteroatoms. The Morgan fingerprint density at radius 1 is 1.31 bits per heavy atom. The van der Waals surface area contributed by atoms with Crippen molar-refractivity contribution in [3.8, 4) is 0 Å². The Bertz CT molecular complexity index is 549. The van der Waals surface area contributed by atoms with E-state index in [1.165, 1.54) is 10.7 Å². The van der Waals surface area contributed by atoms with E-state index < -0.39 is 17.4 Å². The molecule has 2 rings (SSSR count). The van der Waals surface area contributed by atoms with Crippen molar-refractivity contribution in [2.75, 3.05) is 0 Å². The van der Waals surface area contributed by atoms with Crippen molar-refractivity contribution in [3.63, 3.8) is 0 Å². The lowest BCUT2D eigenvalue weighted by Crippen LogP contribution is -2.06. The summed E-state index contributed by atoms with van der Waals surface area (Å²) in [5.74, 6) is -2.15. The van der Waals surface area contributed by atoms with Crippen LogP contribution in [0.1, 0.15) is 16.1 Å². The predicted molar refractivity (Wildman–Crippen MR) is 53.0 cm³/mol. The molecule has 0 N–H and O–H groups in total. The zero-order chi connectivity index (χ0) is 11.7. The van der Waals surface area contributed by atoms with Gasteiger partial charge in [0.05, 0.1) is 5.56 Å². The molecule has 3 nitrogen and oxygen atoms in total. The molecule has 2 aromatic rings. The topological polar surface area (TPSA) is 34.9 Å². The molecule has 0 saturated carbocycles. The number of carbonyl (C=O) groups is 1. The van der Waals surface area contributed by atoms with E-state index in [1.807, 2.05) is 0 Å². The molecular weight excluding hydrogens is 214 g/mol. The standard InChI is InChI=1S/C11H8F2N2O/c1-15-5-4-10(14-15)11(16)8-3-2-7(12)6-9(8)13/h2-6H,1H3. The van der Waals surface area contributed by atoms with Crippen LogP contribution < -0.4 is 0 Å². The van der Waals surface area contributed by atoms with Crippen LogP contribution >= 0.6 is 0 Å². The van der Waals surface area contributed by atoms with Gasteiger partial charge < -0.3 is 0 Å². The molecule has 0 aliphatic carbocycles. The highest BCUT2D eigenvalue weighted by Crippen LogP contribution is 2.13. The molecule has 0 radical (unpaired) electrons. The third kappa shape index (κ3) is 1.84. The van der Waals surface area contributed by atoms with Crippen molar-refractivity contribution >= 4 is 5.78 Å².